The lowest BCUT2D eigenvalue weighted by Crippen LogP contribution is -2.34. The zero-order valence-corrected chi connectivity index (χ0v) is 10.0. The number of methoxy groups -OCH3 is 1. The van der Waals surface area contributed by atoms with Crippen LogP contribution in [0.1, 0.15) is 12.8 Å². The molecule has 0 aliphatic rings. The average molecular weight is 269 g/mol. The van der Waals surface area contributed by atoms with E-state index in [1.165, 1.54) is 7.11 Å². The second kappa shape index (κ2) is 9.72. The van der Waals surface area contributed by atoms with Gasteiger partial charge in [-0.15, -0.1) is 0 Å². The fraction of sp³-hybridized carbons (Fsp3) is 0.800. The first kappa shape index (κ1) is 16.7. The summed E-state index contributed by atoms with van der Waals surface area (Å²) in [5, 5.41) is 11.0. The third-order valence-electron chi connectivity index (χ3n) is 1.98. The molecule has 0 aromatic heterocycles. The Hall–Kier alpha value is -1.28. The van der Waals surface area contributed by atoms with Crippen LogP contribution in [0.4, 0.5) is 8.78 Å². The minimum atomic E-state index is -2.55. The standard InChI is InChI=1S/C10H17F2NO5/c1-17-7(4-10(15)16)5-13-9(14)2-3-18-6-8(11)12/h7-8H,2-6H2,1H3,(H,13,14)(H,15,16). The van der Waals surface area contributed by atoms with Crippen LogP contribution in [0.25, 0.3) is 0 Å². The fourth-order valence-electron chi connectivity index (χ4n) is 1.09. The van der Waals surface area contributed by atoms with Crippen molar-refractivity contribution >= 4 is 11.9 Å². The molecule has 1 atom stereocenters. The summed E-state index contributed by atoms with van der Waals surface area (Å²) < 4.78 is 32.7. The summed E-state index contributed by atoms with van der Waals surface area (Å²) in [7, 11) is 1.34. The lowest BCUT2D eigenvalue weighted by molar-refractivity contribution is -0.140. The van der Waals surface area contributed by atoms with Gasteiger partial charge in [0.15, 0.2) is 0 Å². The summed E-state index contributed by atoms with van der Waals surface area (Å²) in [4.78, 5) is 21.6. The van der Waals surface area contributed by atoms with Gasteiger partial charge in [-0.3, -0.25) is 9.59 Å². The molecule has 0 saturated heterocycles. The molecule has 0 heterocycles. The van der Waals surface area contributed by atoms with Gasteiger partial charge in [0.05, 0.1) is 19.1 Å². The molecule has 0 saturated carbocycles. The maximum absolute atomic E-state index is 11.7. The first-order valence-electron chi connectivity index (χ1n) is 5.32. The molecule has 8 heteroatoms. The van der Waals surface area contributed by atoms with Crippen molar-refractivity contribution in [2.24, 2.45) is 0 Å². The van der Waals surface area contributed by atoms with Gasteiger partial charge in [-0.2, -0.15) is 0 Å². The second-order valence-corrected chi connectivity index (χ2v) is 3.48. The third-order valence-corrected chi connectivity index (χ3v) is 1.98. The van der Waals surface area contributed by atoms with E-state index in [9.17, 15) is 18.4 Å². The lowest BCUT2D eigenvalue weighted by atomic mass is 10.2. The summed E-state index contributed by atoms with van der Waals surface area (Å²) in [6, 6.07) is 0. The van der Waals surface area contributed by atoms with Crippen molar-refractivity contribution in [3.8, 4) is 0 Å². The van der Waals surface area contributed by atoms with E-state index in [4.69, 9.17) is 9.84 Å². The molecule has 0 aliphatic carbocycles. The van der Waals surface area contributed by atoms with E-state index in [1.807, 2.05) is 0 Å². The number of nitrogens with one attached hydrogen (secondary N) is 1. The number of hydrogen-bond donors (Lipinski definition) is 2. The van der Waals surface area contributed by atoms with Crippen LogP contribution in [-0.2, 0) is 19.1 Å². The summed E-state index contributed by atoms with van der Waals surface area (Å²) >= 11 is 0. The molecule has 1 amide bonds. The van der Waals surface area contributed by atoms with E-state index < -0.39 is 31.0 Å². The molecule has 0 aliphatic heterocycles. The fourth-order valence-corrected chi connectivity index (χ4v) is 1.09. The molecule has 1 unspecified atom stereocenters. The van der Waals surface area contributed by atoms with Gasteiger partial charge in [-0.05, 0) is 0 Å². The van der Waals surface area contributed by atoms with Crippen LogP contribution in [0.3, 0.4) is 0 Å². The van der Waals surface area contributed by atoms with Gasteiger partial charge in [0, 0.05) is 20.1 Å². The smallest absolute Gasteiger partial charge is 0.306 e. The second-order valence-electron chi connectivity index (χ2n) is 3.48. The molecule has 0 spiro atoms. The van der Waals surface area contributed by atoms with Crippen molar-refractivity contribution < 1.29 is 33.0 Å². The molecule has 6 nitrogen and oxygen atoms in total. The number of amides is 1. The van der Waals surface area contributed by atoms with Crippen LogP contribution in [0.15, 0.2) is 0 Å². The Morgan fingerprint density at radius 2 is 2.06 bits per heavy atom. The van der Waals surface area contributed by atoms with Crippen molar-refractivity contribution in [3.63, 3.8) is 0 Å². The number of carboxylic acid groups (broad SMARTS) is 1. The predicted molar refractivity (Wildman–Crippen MR) is 57.5 cm³/mol. The summed E-state index contributed by atoms with van der Waals surface area (Å²) in [6.07, 6.45) is -3.45. The van der Waals surface area contributed by atoms with Crippen LogP contribution in [0.5, 0.6) is 0 Å². The SMILES string of the molecule is COC(CNC(=O)CCOCC(F)F)CC(=O)O. The summed E-state index contributed by atoms with van der Waals surface area (Å²) in [5.41, 5.74) is 0. The zero-order valence-electron chi connectivity index (χ0n) is 10.0. The summed E-state index contributed by atoms with van der Waals surface area (Å²) in [6.45, 7) is -0.754. The maximum Gasteiger partial charge on any atom is 0.306 e. The van der Waals surface area contributed by atoms with Crippen molar-refractivity contribution in [1.29, 1.82) is 0 Å². The van der Waals surface area contributed by atoms with Crippen molar-refractivity contribution in [2.75, 3.05) is 26.9 Å². The number of alkyl halides is 2. The zero-order chi connectivity index (χ0) is 14.0. The number of halogens is 2. The number of aliphatic carboxylic acids is 1. The van der Waals surface area contributed by atoms with Crippen molar-refractivity contribution in [3.05, 3.63) is 0 Å². The maximum atomic E-state index is 11.7. The van der Waals surface area contributed by atoms with Crippen LogP contribution in [-0.4, -0.2) is 56.4 Å². The molecular formula is C10H17F2NO5. The highest BCUT2D eigenvalue weighted by atomic mass is 19.3. The number of ether oxygens (including phenoxy) is 2. The first-order valence-corrected chi connectivity index (χ1v) is 5.32. The summed E-state index contributed by atoms with van der Waals surface area (Å²) in [5.74, 6) is -1.44. The largest absolute Gasteiger partial charge is 0.481 e. The number of rotatable bonds is 10. The molecule has 0 bridgehead atoms. The van der Waals surface area contributed by atoms with Crippen LogP contribution < -0.4 is 5.32 Å². The van der Waals surface area contributed by atoms with Gasteiger partial charge in [-0.1, -0.05) is 0 Å². The molecule has 0 aromatic carbocycles. The van der Waals surface area contributed by atoms with Gasteiger partial charge in [0.25, 0.3) is 6.43 Å². The lowest BCUT2D eigenvalue weighted by Gasteiger charge is -2.13. The van der Waals surface area contributed by atoms with E-state index in [0.717, 1.165) is 0 Å². The number of hydrogen-bond acceptors (Lipinski definition) is 4. The number of carbonyl (C=O) groups is 2. The Balaban J connectivity index is 3.64. The Labute approximate surface area is 103 Å². The molecule has 0 rings (SSSR count). The molecule has 18 heavy (non-hydrogen) atoms. The van der Waals surface area contributed by atoms with Crippen LogP contribution >= 0.6 is 0 Å². The van der Waals surface area contributed by atoms with Gasteiger partial charge in [-0.25, -0.2) is 8.78 Å². The molecule has 0 aromatic rings. The van der Waals surface area contributed by atoms with Gasteiger partial charge >= 0.3 is 5.97 Å². The molecule has 0 radical (unpaired) electrons. The molecule has 2 N–H and O–H groups in total. The van der Waals surface area contributed by atoms with E-state index >= 15 is 0 Å². The Morgan fingerprint density at radius 3 is 2.56 bits per heavy atom. The molecule has 106 valence electrons. The van der Waals surface area contributed by atoms with E-state index in [0.29, 0.717) is 0 Å². The molecule has 0 fully saturated rings. The van der Waals surface area contributed by atoms with E-state index in [2.05, 4.69) is 10.1 Å². The highest BCUT2D eigenvalue weighted by molar-refractivity contribution is 5.76. The van der Waals surface area contributed by atoms with Crippen molar-refractivity contribution in [1.82, 2.24) is 5.32 Å². The van der Waals surface area contributed by atoms with Gasteiger partial charge in [0.2, 0.25) is 5.91 Å². The van der Waals surface area contributed by atoms with Crippen molar-refractivity contribution in [2.45, 2.75) is 25.4 Å². The van der Waals surface area contributed by atoms with Gasteiger partial charge < -0.3 is 19.9 Å². The third kappa shape index (κ3) is 9.91. The molecular weight excluding hydrogens is 252 g/mol. The highest BCUT2D eigenvalue weighted by Crippen LogP contribution is 1.96. The Kier molecular flexibility index (Phi) is 9.03. The predicted octanol–water partition coefficient (Wildman–Crippen LogP) is 0.264. The highest BCUT2D eigenvalue weighted by Gasteiger charge is 2.13. The van der Waals surface area contributed by atoms with Crippen LogP contribution in [0, 0.1) is 0 Å². The minimum Gasteiger partial charge on any atom is -0.481 e. The monoisotopic (exact) mass is 269 g/mol. The topological polar surface area (TPSA) is 84.9 Å². The van der Waals surface area contributed by atoms with E-state index in [-0.39, 0.29) is 26.0 Å². The minimum absolute atomic E-state index is 0.0521. The van der Waals surface area contributed by atoms with E-state index in [1.54, 1.807) is 0 Å². The Morgan fingerprint density at radius 1 is 1.39 bits per heavy atom. The quantitative estimate of drug-likeness (QED) is 0.556. The number of carboxylic acids is 1. The Bertz CT molecular complexity index is 263. The van der Waals surface area contributed by atoms with Crippen LogP contribution in [0.2, 0.25) is 0 Å². The van der Waals surface area contributed by atoms with Gasteiger partial charge in [0.1, 0.15) is 6.61 Å². The normalized spacial score (nSPS) is 12.4. The first-order chi connectivity index (χ1) is 8.45. The average Bonchev–Trinajstić information content (AvgIpc) is 2.29. The number of carbonyl (C=O) groups excluding carboxylic acids is 1.